The molecular formula is C7H11N3O3S. The summed E-state index contributed by atoms with van der Waals surface area (Å²) in [6, 6.07) is -0.678. The van der Waals surface area contributed by atoms with Gasteiger partial charge in [0.15, 0.2) is 0 Å². The van der Waals surface area contributed by atoms with Crippen LogP contribution in [0.3, 0.4) is 0 Å². The molecule has 1 atom stereocenters. The van der Waals surface area contributed by atoms with Crippen molar-refractivity contribution in [3.63, 3.8) is 0 Å². The average Bonchev–Trinajstić information content (AvgIpc) is 2.64. The Morgan fingerprint density at radius 1 is 1.86 bits per heavy atom. The number of aliphatic carboxylic acids is 1. The van der Waals surface area contributed by atoms with Gasteiger partial charge in [-0.15, -0.1) is 0 Å². The van der Waals surface area contributed by atoms with Crippen molar-refractivity contribution in [2.75, 3.05) is 19.0 Å². The Morgan fingerprint density at radius 3 is 3.14 bits per heavy atom. The fraction of sp³-hybridized carbons (Fsp3) is 0.571. The van der Waals surface area contributed by atoms with Crippen molar-refractivity contribution in [2.24, 2.45) is 0 Å². The Kier molecular flexibility index (Phi) is 4.27. The van der Waals surface area contributed by atoms with Gasteiger partial charge in [0.05, 0.1) is 0 Å². The van der Waals surface area contributed by atoms with Crippen LogP contribution in [0.2, 0.25) is 0 Å². The number of carboxylic acids is 1. The minimum absolute atomic E-state index is 0.392. The molecule has 1 heterocycles. The lowest BCUT2D eigenvalue weighted by Crippen LogP contribution is -2.30. The molecule has 2 N–H and O–H groups in total. The van der Waals surface area contributed by atoms with Gasteiger partial charge in [0, 0.05) is 31.7 Å². The van der Waals surface area contributed by atoms with Gasteiger partial charge in [-0.2, -0.15) is 4.37 Å². The van der Waals surface area contributed by atoms with Gasteiger partial charge >= 0.3 is 5.97 Å². The summed E-state index contributed by atoms with van der Waals surface area (Å²) in [6.45, 7) is 0.392. The molecule has 78 valence electrons. The molecule has 0 aliphatic heterocycles. The van der Waals surface area contributed by atoms with E-state index in [2.05, 4.69) is 14.7 Å². The average molecular weight is 217 g/mol. The first-order valence-corrected chi connectivity index (χ1v) is 4.76. The zero-order chi connectivity index (χ0) is 10.4. The Hall–Kier alpha value is -1.21. The summed E-state index contributed by atoms with van der Waals surface area (Å²) in [6.07, 6.45) is 1.77. The predicted octanol–water partition coefficient (Wildman–Crippen LogP) is 0.440. The molecule has 0 amide bonds. The lowest BCUT2D eigenvalue weighted by atomic mass is 10.2. The van der Waals surface area contributed by atoms with Crippen LogP contribution in [-0.4, -0.2) is 40.2 Å². The molecule has 7 heteroatoms. The second-order valence-corrected chi connectivity index (χ2v) is 3.34. The number of methoxy groups -OCH3 is 1. The summed E-state index contributed by atoms with van der Waals surface area (Å²) in [5.41, 5.74) is 0. The van der Waals surface area contributed by atoms with Gasteiger partial charge in [-0.3, -0.25) is 0 Å². The van der Waals surface area contributed by atoms with E-state index < -0.39 is 12.0 Å². The molecule has 1 unspecified atom stereocenters. The number of nitrogens with zero attached hydrogens (tertiary/aromatic N) is 2. The lowest BCUT2D eigenvalue weighted by Gasteiger charge is -2.11. The van der Waals surface area contributed by atoms with Crippen LogP contribution in [0.25, 0.3) is 0 Å². The van der Waals surface area contributed by atoms with E-state index in [9.17, 15) is 4.79 Å². The maximum atomic E-state index is 10.8. The van der Waals surface area contributed by atoms with Gasteiger partial charge in [0.25, 0.3) is 0 Å². The number of anilines is 1. The van der Waals surface area contributed by atoms with E-state index in [4.69, 9.17) is 9.84 Å². The lowest BCUT2D eigenvalue weighted by molar-refractivity contribution is -0.138. The van der Waals surface area contributed by atoms with Crippen molar-refractivity contribution in [2.45, 2.75) is 12.5 Å². The van der Waals surface area contributed by atoms with Crippen LogP contribution in [-0.2, 0) is 9.53 Å². The van der Waals surface area contributed by atoms with Crippen LogP contribution in [0.4, 0.5) is 5.13 Å². The van der Waals surface area contributed by atoms with Gasteiger partial charge in [-0.1, -0.05) is 0 Å². The quantitative estimate of drug-likeness (QED) is 0.719. The Bertz CT molecular complexity index is 278. The van der Waals surface area contributed by atoms with Crippen molar-refractivity contribution in [1.29, 1.82) is 0 Å². The fourth-order valence-electron chi connectivity index (χ4n) is 0.879. The Labute approximate surface area is 85.1 Å². The van der Waals surface area contributed by atoms with Gasteiger partial charge in [0.2, 0.25) is 5.13 Å². The van der Waals surface area contributed by atoms with Crippen LogP contribution in [0.5, 0.6) is 0 Å². The standard InChI is InChI=1S/C7H11N3O3S/c1-13-3-2-5(6(11)12)10-7-8-4-9-14-7/h4-5H,2-3H2,1H3,(H,11,12)(H,8,9,10). The summed E-state index contributed by atoms with van der Waals surface area (Å²) >= 11 is 1.13. The van der Waals surface area contributed by atoms with E-state index >= 15 is 0 Å². The highest BCUT2D eigenvalue weighted by molar-refractivity contribution is 7.09. The number of rotatable bonds is 6. The molecule has 0 fully saturated rings. The highest BCUT2D eigenvalue weighted by Crippen LogP contribution is 2.10. The highest BCUT2D eigenvalue weighted by Gasteiger charge is 2.17. The summed E-state index contributed by atoms with van der Waals surface area (Å²) in [5, 5.41) is 12.1. The third kappa shape index (κ3) is 3.27. The second-order valence-electron chi connectivity index (χ2n) is 2.56. The molecule has 1 aromatic heterocycles. The smallest absolute Gasteiger partial charge is 0.326 e. The fourth-order valence-corrected chi connectivity index (χ4v) is 1.36. The number of hydrogen-bond acceptors (Lipinski definition) is 6. The molecule has 0 aliphatic rings. The van der Waals surface area contributed by atoms with E-state index in [1.54, 1.807) is 0 Å². The molecule has 0 saturated carbocycles. The molecule has 1 aromatic rings. The maximum Gasteiger partial charge on any atom is 0.326 e. The van der Waals surface area contributed by atoms with Gasteiger partial charge < -0.3 is 15.2 Å². The zero-order valence-corrected chi connectivity index (χ0v) is 8.45. The molecule has 0 saturated heterocycles. The van der Waals surface area contributed by atoms with Crippen molar-refractivity contribution in [3.8, 4) is 0 Å². The largest absolute Gasteiger partial charge is 0.480 e. The van der Waals surface area contributed by atoms with Crippen molar-refractivity contribution in [3.05, 3.63) is 6.33 Å². The Balaban J connectivity index is 2.47. The van der Waals surface area contributed by atoms with Crippen LogP contribution >= 0.6 is 11.5 Å². The normalized spacial score (nSPS) is 12.4. The molecule has 6 nitrogen and oxygen atoms in total. The van der Waals surface area contributed by atoms with E-state index in [-0.39, 0.29) is 0 Å². The monoisotopic (exact) mass is 217 g/mol. The summed E-state index contributed by atoms with van der Waals surface area (Å²) in [5.74, 6) is -0.919. The first-order chi connectivity index (χ1) is 6.74. The molecule has 0 radical (unpaired) electrons. The van der Waals surface area contributed by atoms with Crippen molar-refractivity contribution < 1.29 is 14.6 Å². The summed E-state index contributed by atoms with van der Waals surface area (Å²) in [4.78, 5) is 14.6. The first-order valence-electron chi connectivity index (χ1n) is 3.99. The molecule has 1 rings (SSSR count). The molecule has 0 bridgehead atoms. The van der Waals surface area contributed by atoms with E-state index in [0.717, 1.165) is 11.5 Å². The summed E-state index contributed by atoms with van der Waals surface area (Å²) in [7, 11) is 1.53. The minimum Gasteiger partial charge on any atom is -0.480 e. The number of nitrogens with one attached hydrogen (secondary N) is 1. The number of carbonyl (C=O) groups is 1. The third-order valence-corrected chi connectivity index (χ3v) is 2.16. The topological polar surface area (TPSA) is 84.3 Å². The van der Waals surface area contributed by atoms with Gasteiger partial charge in [-0.25, -0.2) is 9.78 Å². The molecule has 14 heavy (non-hydrogen) atoms. The van der Waals surface area contributed by atoms with Gasteiger partial charge in [0.1, 0.15) is 12.4 Å². The minimum atomic E-state index is -0.919. The maximum absolute atomic E-state index is 10.8. The molecular weight excluding hydrogens is 206 g/mol. The number of carboxylic acid groups (broad SMARTS) is 1. The third-order valence-electron chi connectivity index (χ3n) is 1.57. The zero-order valence-electron chi connectivity index (χ0n) is 7.64. The Morgan fingerprint density at radius 2 is 2.64 bits per heavy atom. The molecule has 0 aromatic carbocycles. The second kappa shape index (κ2) is 5.51. The van der Waals surface area contributed by atoms with Crippen LogP contribution in [0, 0.1) is 0 Å². The number of hydrogen-bond donors (Lipinski definition) is 2. The van der Waals surface area contributed by atoms with E-state index in [0.29, 0.717) is 18.2 Å². The number of ether oxygens (including phenoxy) is 1. The van der Waals surface area contributed by atoms with E-state index in [1.807, 2.05) is 0 Å². The van der Waals surface area contributed by atoms with Crippen LogP contribution < -0.4 is 5.32 Å². The highest BCUT2D eigenvalue weighted by atomic mass is 32.1. The van der Waals surface area contributed by atoms with Crippen LogP contribution in [0.15, 0.2) is 6.33 Å². The van der Waals surface area contributed by atoms with Crippen molar-refractivity contribution in [1.82, 2.24) is 9.36 Å². The number of aromatic nitrogens is 2. The molecule has 0 spiro atoms. The SMILES string of the molecule is COCCC(Nc1ncns1)C(=O)O. The van der Waals surface area contributed by atoms with Crippen molar-refractivity contribution >= 4 is 22.6 Å². The first kappa shape index (κ1) is 10.9. The van der Waals surface area contributed by atoms with Gasteiger partial charge in [-0.05, 0) is 0 Å². The predicted molar refractivity (Wildman–Crippen MR) is 51.4 cm³/mol. The molecule has 0 aliphatic carbocycles. The van der Waals surface area contributed by atoms with Crippen LogP contribution in [0.1, 0.15) is 6.42 Å². The summed E-state index contributed by atoms with van der Waals surface area (Å²) < 4.78 is 8.56. The van der Waals surface area contributed by atoms with E-state index in [1.165, 1.54) is 13.4 Å².